The van der Waals surface area contributed by atoms with Crippen molar-refractivity contribution in [1.82, 2.24) is 20.5 Å². The van der Waals surface area contributed by atoms with Crippen LogP contribution in [0.2, 0.25) is 0 Å². The molecule has 6 heteroatoms. The lowest BCUT2D eigenvalue weighted by molar-refractivity contribution is 0.0600. The number of hydrogen-bond acceptors (Lipinski definition) is 5. The molecule has 0 amide bonds. The molecule has 0 saturated heterocycles. The first kappa shape index (κ1) is 13.2. The van der Waals surface area contributed by atoms with Gasteiger partial charge in [0.1, 0.15) is 12.2 Å². The van der Waals surface area contributed by atoms with Gasteiger partial charge in [-0.3, -0.25) is 5.10 Å². The predicted molar refractivity (Wildman–Crippen MR) is 69.4 cm³/mol. The number of methoxy groups -OCH3 is 1. The number of benzene rings is 1. The van der Waals surface area contributed by atoms with Crippen LogP contribution in [0, 0.1) is 0 Å². The number of rotatable bonds is 5. The van der Waals surface area contributed by atoms with Gasteiger partial charge in [-0.15, -0.1) is 0 Å². The Morgan fingerprint density at radius 2 is 2.16 bits per heavy atom. The van der Waals surface area contributed by atoms with Crippen LogP contribution in [0.1, 0.15) is 34.7 Å². The maximum absolute atomic E-state index is 11.3. The van der Waals surface area contributed by atoms with Crippen LogP contribution < -0.4 is 5.32 Å². The van der Waals surface area contributed by atoms with Crippen molar-refractivity contribution in [3.8, 4) is 0 Å². The van der Waals surface area contributed by atoms with Crippen molar-refractivity contribution in [1.29, 1.82) is 0 Å². The number of carbonyl (C=O) groups is 1. The van der Waals surface area contributed by atoms with Gasteiger partial charge in [0.15, 0.2) is 0 Å². The molecule has 0 radical (unpaired) electrons. The molecule has 0 aliphatic carbocycles. The van der Waals surface area contributed by atoms with Crippen molar-refractivity contribution >= 4 is 5.97 Å². The summed E-state index contributed by atoms with van der Waals surface area (Å²) < 4.78 is 4.65. The van der Waals surface area contributed by atoms with Crippen LogP contribution in [0.3, 0.4) is 0 Å². The average Bonchev–Trinajstić information content (AvgIpc) is 2.98. The van der Waals surface area contributed by atoms with Gasteiger partial charge in [0.05, 0.1) is 18.7 Å². The number of hydrogen-bond donors (Lipinski definition) is 2. The molecule has 6 nitrogen and oxygen atoms in total. The Hall–Kier alpha value is -2.21. The molecule has 1 heterocycles. The van der Waals surface area contributed by atoms with Gasteiger partial charge in [0.2, 0.25) is 0 Å². The summed E-state index contributed by atoms with van der Waals surface area (Å²) in [7, 11) is 1.37. The van der Waals surface area contributed by atoms with E-state index in [2.05, 4.69) is 25.2 Å². The highest BCUT2D eigenvalue weighted by atomic mass is 16.5. The van der Waals surface area contributed by atoms with Crippen LogP contribution in [0.4, 0.5) is 0 Å². The topological polar surface area (TPSA) is 79.9 Å². The molecule has 1 aromatic heterocycles. The van der Waals surface area contributed by atoms with Gasteiger partial charge in [0, 0.05) is 6.54 Å². The Kier molecular flexibility index (Phi) is 4.25. The molecule has 1 aromatic carbocycles. The molecule has 2 aromatic rings. The normalized spacial score (nSPS) is 12.1. The van der Waals surface area contributed by atoms with Crippen molar-refractivity contribution in [3.05, 3.63) is 47.5 Å². The van der Waals surface area contributed by atoms with E-state index in [1.165, 1.54) is 13.4 Å². The molecule has 0 spiro atoms. The zero-order valence-corrected chi connectivity index (χ0v) is 10.9. The monoisotopic (exact) mass is 260 g/mol. The molecule has 0 saturated carbocycles. The fourth-order valence-corrected chi connectivity index (χ4v) is 1.67. The van der Waals surface area contributed by atoms with Crippen LogP contribution in [0.15, 0.2) is 30.6 Å². The van der Waals surface area contributed by atoms with Crippen LogP contribution in [-0.4, -0.2) is 28.3 Å². The van der Waals surface area contributed by atoms with Crippen LogP contribution >= 0.6 is 0 Å². The molecule has 2 rings (SSSR count). The van der Waals surface area contributed by atoms with Gasteiger partial charge in [-0.1, -0.05) is 12.1 Å². The van der Waals surface area contributed by atoms with E-state index >= 15 is 0 Å². The zero-order valence-electron chi connectivity index (χ0n) is 10.9. The third-order valence-electron chi connectivity index (χ3n) is 2.83. The second-order valence-corrected chi connectivity index (χ2v) is 4.16. The number of aromatic amines is 1. The van der Waals surface area contributed by atoms with Crippen molar-refractivity contribution < 1.29 is 9.53 Å². The van der Waals surface area contributed by atoms with Crippen molar-refractivity contribution in [2.24, 2.45) is 0 Å². The van der Waals surface area contributed by atoms with E-state index in [0.717, 1.165) is 11.4 Å². The minimum Gasteiger partial charge on any atom is -0.465 e. The smallest absolute Gasteiger partial charge is 0.337 e. The highest BCUT2D eigenvalue weighted by Gasteiger charge is 2.08. The van der Waals surface area contributed by atoms with E-state index in [-0.39, 0.29) is 12.0 Å². The maximum atomic E-state index is 11.3. The van der Waals surface area contributed by atoms with Gasteiger partial charge in [0.25, 0.3) is 0 Å². The molecule has 0 bridgehead atoms. The molecule has 0 aliphatic rings. The molecule has 1 atom stereocenters. The van der Waals surface area contributed by atoms with Crippen molar-refractivity contribution in [2.45, 2.75) is 19.5 Å². The maximum Gasteiger partial charge on any atom is 0.337 e. The molecule has 100 valence electrons. The molecular weight excluding hydrogens is 244 g/mol. The number of esters is 1. The first-order valence-corrected chi connectivity index (χ1v) is 5.96. The lowest BCUT2D eigenvalue weighted by Gasteiger charge is -2.11. The Balaban J connectivity index is 1.91. The van der Waals surface area contributed by atoms with E-state index < -0.39 is 0 Å². The summed E-state index contributed by atoms with van der Waals surface area (Å²) in [6.45, 7) is 2.69. The number of nitrogens with zero attached hydrogens (tertiary/aromatic N) is 2. The fourth-order valence-electron chi connectivity index (χ4n) is 1.67. The summed E-state index contributed by atoms with van der Waals surface area (Å²) >= 11 is 0. The Morgan fingerprint density at radius 3 is 2.74 bits per heavy atom. The highest BCUT2D eigenvalue weighted by Crippen LogP contribution is 2.09. The lowest BCUT2D eigenvalue weighted by atomic mass is 10.1. The standard InChI is InChI=1S/C13H16N4O2/c1-9(12-15-8-16-17-12)14-7-10-3-5-11(6-4-10)13(18)19-2/h3-6,8-9,14H,7H2,1-2H3,(H,15,16,17). The van der Waals surface area contributed by atoms with Gasteiger partial charge >= 0.3 is 5.97 Å². The molecule has 0 aliphatic heterocycles. The second kappa shape index (κ2) is 6.10. The number of H-pyrrole nitrogens is 1. The predicted octanol–water partition coefficient (Wildman–Crippen LogP) is 1.44. The molecule has 19 heavy (non-hydrogen) atoms. The molecular formula is C13H16N4O2. The van der Waals surface area contributed by atoms with E-state index in [0.29, 0.717) is 12.1 Å². The average molecular weight is 260 g/mol. The van der Waals surface area contributed by atoms with E-state index in [9.17, 15) is 4.79 Å². The van der Waals surface area contributed by atoms with Gasteiger partial charge in [-0.05, 0) is 24.6 Å². The summed E-state index contributed by atoms with van der Waals surface area (Å²) in [5.74, 6) is 0.473. The highest BCUT2D eigenvalue weighted by molar-refractivity contribution is 5.89. The number of nitrogens with one attached hydrogen (secondary N) is 2. The quantitative estimate of drug-likeness (QED) is 0.795. The van der Waals surface area contributed by atoms with Gasteiger partial charge in [-0.2, -0.15) is 5.10 Å². The van der Waals surface area contributed by atoms with Crippen molar-refractivity contribution in [2.75, 3.05) is 7.11 Å². The van der Waals surface area contributed by atoms with Crippen LogP contribution in [-0.2, 0) is 11.3 Å². The van der Waals surface area contributed by atoms with Crippen molar-refractivity contribution in [3.63, 3.8) is 0 Å². The van der Waals surface area contributed by atoms with E-state index in [1.54, 1.807) is 12.1 Å². The first-order valence-electron chi connectivity index (χ1n) is 5.96. The minimum absolute atomic E-state index is 0.0859. The first-order chi connectivity index (χ1) is 9.20. The SMILES string of the molecule is COC(=O)c1ccc(CNC(C)c2ncn[nH]2)cc1. The van der Waals surface area contributed by atoms with Gasteiger partial charge in [-0.25, -0.2) is 9.78 Å². The van der Waals surface area contributed by atoms with E-state index in [4.69, 9.17) is 0 Å². The fraction of sp³-hybridized carbons (Fsp3) is 0.308. The number of ether oxygens (including phenoxy) is 1. The number of carbonyl (C=O) groups excluding carboxylic acids is 1. The number of aromatic nitrogens is 3. The molecule has 1 unspecified atom stereocenters. The largest absolute Gasteiger partial charge is 0.465 e. The summed E-state index contributed by atoms with van der Waals surface area (Å²) in [5, 5.41) is 9.95. The summed E-state index contributed by atoms with van der Waals surface area (Å²) in [5.41, 5.74) is 1.63. The van der Waals surface area contributed by atoms with Gasteiger partial charge < -0.3 is 10.1 Å². The molecule has 2 N–H and O–H groups in total. The summed E-state index contributed by atoms with van der Waals surface area (Å²) in [6.07, 6.45) is 1.48. The second-order valence-electron chi connectivity index (χ2n) is 4.16. The molecule has 0 fully saturated rings. The minimum atomic E-state index is -0.325. The summed E-state index contributed by atoms with van der Waals surface area (Å²) in [4.78, 5) is 15.4. The zero-order chi connectivity index (χ0) is 13.7. The Labute approximate surface area is 111 Å². The van der Waals surface area contributed by atoms with E-state index in [1.807, 2.05) is 19.1 Å². The Bertz CT molecular complexity index is 522. The Morgan fingerprint density at radius 1 is 1.42 bits per heavy atom. The third-order valence-corrected chi connectivity index (χ3v) is 2.83. The summed E-state index contributed by atoms with van der Waals surface area (Å²) in [6, 6.07) is 7.38. The third kappa shape index (κ3) is 3.38. The van der Waals surface area contributed by atoms with Crippen LogP contribution in [0.5, 0.6) is 0 Å². The van der Waals surface area contributed by atoms with Crippen LogP contribution in [0.25, 0.3) is 0 Å². The lowest BCUT2D eigenvalue weighted by Crippen LogP contribution is -2.19.